The molecule has 0 aliphatic carbocycles. The van der Waals surface area contributed by atoms with Gasteiger partial charge >= 0.3 is 0 Å². The molecule has 56 valence electrons. The van der Waals surface area contributed by atoms with Crippen molar-refractivity contribution in [3.63, 3.8) is 0 Å². The van der Waals surface area contributed by atoms with Crippen LogP contribution in [-0.2, 0) is 6.42 Å². The number of aliphatic hydroxyl groups excluding tert-OH is 1. The Morgan fingerprint density at radius 3 is 2.91 bits per heavy atom. The Bertz CT molecular complexity index is 275. The molecule has 1 rings (SSSR count). The first-order valence-electron chi connectivity index (χ1n) is 3.46. The first-order chi connectivity index (χ1) is 5.36. The maximum atomic E-state index is 8.60. The normalized spacial score (nSPS) is 9.09. The molecular formula is C9H9NO. The molecule has 1 aromatic rings. The summed E-state index contributed by atoms with van der Waals surface area (Å²) in [7, 11) is 0. The van der Waals surface area contributed by atoms with Crippen molar-refractivity contribution in [2.45, 2.75) is 6.42 Å². The average Bonchev–Trinajstić information content (AvgIpc) is 2.06. The molecule has 0 saturated carbocycles. The lowest BCUT2D eigenvalue weighted by Gasteiger charge is -1.96. The second kappa shape index (κ2) is 3.75. The minimum absolute atomic E-state index is 0.134. The van der Waals surface area contributed by atoms with E-state index in [1.165, 1.54) is 0 Å². The molecule has 0 fully saturated rings. The van der Waals surface area contributed by atoms with E-state index in [0.29, 0.717) is 12.0 Å². The average molecular weight is 147 g/mol. The molecule has 0 spiro atoms. The standard InChI is InChI=1S/C9H9NO/c10-7-9-3-1-2-8(6-9)4-5-11/h1-3,6,11H,4-5H2. The zero-order valence-electron chi connectivity index (χ0n) is 6.12. The van der Waals surface area contributed by atoms with Gasteiger partial charge in [-0.2, -0.15) is 5.26 Å². The third-order valence-corrected chi connectivity index (χ3v) is 1.46. The predicted octanol–water partition coefficient (Wildman–Crippen LogP) is 1.09. The van der Waals surface area contributed by atoms with Crippen LogP contribution in [0.1, 0.15) is 11.1 Å². The van der Waals surface area contributed by atoms with Gasteiger partial charge in [0, 0.05) is 6.61 Å². The van der Waals surface area contributed by atoms with E-state index in [0.717, 1.165) is 5.56 Å². The number of nitriles is 1. The molecule has 0 aliphatic rings. The van der Waals surface area contributed by atoms with Crippen molar-refractivity contribution in [3.05, 3.63) is 35.4 Å². The molecule has 0 unspecified atom stereocenters. The third kappa shape index (κ3) is 2.06. The van der Waals surface area contributed by atoms with E-state index in [-0.39, 0.29) is 6.61 Å². The van der Waals surface area contributed by atoms with Gasteiger partial charge in [0.25, 0.3) is 0 Å². The molecule has 0 heterocycles. The minimum Gasteiger partial charge on any atom is -0.396 e. The van der Waals surface area contributed by atoms with Gasteiger partial charge < -0.3 is 5.11 Å². The summed E-state index contributed by atoms with van der Waals surface area (Å²) >= 11 is 0. The van der Waals surface area contributed by atoms with Crippen molar-refractivity contribution < 1.29 is 5.11 Å². The molecule has 11 heavy (non-hydrogen) atoms. The number of nitrogens with zero attached hydrogens (tertiary/aromatic N) is 1. The largest absolute Gasteiger partial charge is 0.396 e. The Morgan fingerprint density at radius 1 is 1.45 bits per heavy atom. The lowest BCUT2D eigenvalue weighted by Crippen LogP contribution is -1.90. The summed E-state index contributed by atoms with van der Waals surface area (Å²) in [5, 5.41) is 17.1. The molecule has 0 saturated heterocycles. The Morgan fingerprint density at radius 2 is 2.27 bits per heavy atom. The maximum absolute atomic E-state index is 8.60. The summed E-state index contributed by atoms with van der Waals surface area (Å²) in [5.74, 6) is 0. The fraction of sp³-hybridized carbons (Fsp3) is 0.222. The molecule has 2 nitrogen and oxygen atoms in total. The predicted molar refractivity (Wildman–Crippen MR) is 41.9 cm³/mol. The summed E-state index contributed by atoms with van der Waals surface area (Å²) in [5.41, 5.74) is 1.66. The van der Waals surface area contributed by atoms with Crippen molar-refractivity contribution in [2.24, 2.45) is 0 Å². The van der Waals surface area contributed by atoms with Crippen LogP contribution in [0.2, 0.25) is 0 Å². The fourth-order valence-electron chi connectivity index (χ4n) is 0.925. The number of rotatable bonds is 2. The molecule has 0 atom stereocenters. The monoisotopic (exact) mass is 147 g/mol. The second-order valence-corrected chi connectivity index (χ2v) is 2.29. The van der Waals surface area contributed by atoms with Crippen LogP contribution in [0, 0.1) is 11.3 Å². The Labute approximate surface area is 65.7 Å². The van der Waals surface area contributed by atoms with Crippen molar-refractivity contribution >= 4 is 0 Å². The van der Waals surface area contributed by atoms with Gasteiger partial charge in [0.05, 0.1) is 11.6 Å². The highest BCUT2D eigenvalue weighted by Gasteiger charge is 1.92. The van der Waals surface area contributed by atoms with E-state index in [1.807, 2.05) is 18.2 Å². The Hall–Kier alpha value is -1.33. The highest BCUT2D eigenvalue weighted by atomic mass is 16.2. The number of hydrogen-bond acceptors (Lipinski definition) is 2. The van der Waals surface area contributed by atoms with Crippen LogP contribution < -0.4 is 0 Å². The molecule has 1 aromatic carbocycles. The van der Waals surface area contributed by atoms with E-state index in [9.17, 15) is 0 Å². The lowest BCUT2D eigenvalue weighted by molar-refractivity contribution is 0.299. The summed E-state index contributed by atoms with van der Waals surface area (Å²) in [6, 6.07) is 9.31. The second-order valence-electron chi connectivity index (χ2n) is 2.29. The van der Waals surface area contributed by atoms with E-state index in [2.05, 4.69) is 0 Å². The van der Waals surface area contributed by atoms with Gasteiger partial charge in [0.2, 0.25) is 0 Å². The summed E-state index contributed by atoms with van der Waals surface area (Å²) in [6.45, 7) is 0.134. The van der Waals surface area contributed by atoms with Gasteiger partial charge in [0.1, 0.15) is 0 Å². The molecule has 0 amide bonds. The zero-order valence-corrected chi connectivity index (χ0v) is 6.12. The van der Waals surface area contributed by atoms with Gasteiger partial charge in [-0.1, -0.05) is 12.1 Å². The fourth-order valence-corrected chi connectivity index (χ4v) is 0.925. The van der Waals surface area contributed by atoms with Crippen LogP contribution in [0.25, 0.3) is 0 Å². The van der Waals surface area contributed by atoms with Gasteiger partial charge in [-0.05, 0) is 24.1 Å². The Balaban J connectivity index is 2.85. The number of hydrogen-bond donors (Lipinski definition) is 1. The highest BCUT2D eigenvalue weighted by molar-refractivity contribution is 5.32. The molecule has 2 heteroatoms. The van der Waals surface area contributed by atoms with Gasteiger partial charge in [-0.25, -0.2) is 0 Å². The molecule has 0 radical (unpaired) electrons. The number of benzene rings is 1. The topological polar surface area (TPSA) is 44.0 Å². The molecular weight excluding hydrogens is 138 g/mol. The molecule has 1 N–H and O–H groups in total. The van der Waals surface area contributed by atoms with Crippen LogP contribution in [-0.4, -0.2) is 11.7 Å². The van der Waals surface area contributed by atoms with E-state index in [4.69, 9.17) is 10.4 Å². The van der Waals surface area contributed by atoms with Gasteiger partial charge in [-0.15, -0.1) is 0 Å². The van der Waals surface area contributed by atoms with Gasteiger partial charge in [0.15, 0.2) is 0 Å². The minimum atomic E-state index is 0.134. The van der Waals surface area contributed by atoms with Gasteiger partial charge in [-0.3, -0.25) is 0 Å². The molecule has 0 aromatic heterocycles. The van der Waals surface area contributed by atoms with E-state index < -0.39 is 0 Å². The van der Waals surface area contributed by atoms with Crippen LogP contribution in [0.5, 0.6) is 0 Å². The van der Waals surface area contributed by atoms with Crippen molar-refractivity contribution in [1.29, 1.82) is 5.26 Å². The zero-order chi connectivity index (χ0) is 8.10. The van der Waals surface area contributed by atoms with Crippen molar-refractivity contribution in [1.82, 2.24) is 0 Å². The van der Waals surface area contributed by atoms with E-state index >= 15 is 0 Å². The lowest BCUT2D eigenvalue weighted by atomic mass is 10.1. The quantitative estimate of drug-likeness (QED) is 0.680. The maximum Gasteiger partial charge on any atom is 0.0991 e. The Kier molecular flexibility index (Phi) is 2.65. The van der Waals surface area contributed by atoms with Crippen LogP contribution >= 0.6 is 0 Å². The van der Waals surface area contributed by atoms with Crippen molar-refractivity contribution in [3.8, 4) is 6.07 Å². The summed E-state index contributed by atoms with van der Waals surface area (Å²) in [4.78, 5) is 0. The van der Waals surface area contributed by atoms with Crippen LogP contribution in [0.15, 0.2) is 24.3 Å². The highest BCUT2D eigenvalue weighted by Crippen LogP contribution is 2.03. The third-order valence-electron chi connectivity index (χ3n) is 1.46. The smallest absolute Gasteiger partial charge is 0.0991 e. The van der Waals surface area contributed by atoms with Crippen molar-refractivity contribution in [2.75, 3.05) is 6.61 Å². The van der Waals surface area contributed by atoms with E-state index in [1.54, 1.807) is 12.1 Å². The molecule has 0 aliphatic heterocycles. The first kappa shape index (κ1) is 7.77. The first-order valence-corrected chi connectivity index (χ1v) is 3.46. The summed E-state index contributed by atoms with van der Waals surface area (Å²) in [6.07, 6.45) is 0.621. The molecule has 0 bridgehead atoms. The SMILES string of the molecule is N#Cc1cccc(CCO)c1. The van der Waals surface area contributed by atoms with Crippen LogP contribution in [0.4, 0.5) is 0 Å². The van der Waals surface area contributed by atoms with Crippen LogP contribution in [0.3, 0.4) is 0 Å². The number of aliphatic hydroxyl groups is 1. The summed E-state index contributed by atoms with van der Waals surface area (Å²) < 4.78 is 0.